The molecular weight excluding hydrogens is 761 g/mol. The molecule has 0 unspecified atom stereocenters. The lowest BCUT2D eigenvalue weighted by atomic mass is 9.65. The summed E-state index contributed by atoms with van der Waals surface area (Å²) < 4.78 is 2.54. The summed E-state index contributed by atoms with van der Waals surface area (Å²) >= 11 is 0. The van der Waals surface area contributed by atoms with Gasteiger partial charge in [0.25, 0.3) is 0 Å². The second kappa shape index (κ2) is 13.9. The summed E-state index contributed by atoms with van der Waals surface area (Å²) in [5.74, 6) is 0. The van der Waals surface area contributed by atoms with E-state index < -0.39 is 5.41 Å². The van der Waals surface area contributed by atoms with Gasteiger partial charge in [-0.25, -0.2) is 0 Å². The third-order valence-electron chi connectivity index (χ3n) is 13.6. The first-order chi connectivity index (χ1) is 31.3. The SMILES string of the molecule is c1ccc(-c2cccc(N(c3ccc4c(c3)c3cccc5c3n4-c3ccccc3C53c4ccccc4-c4ccccc43)c3ccccc3-c3ccccc3-c3ccccc3)c2)cc1. The topological polar surface area (TPSA) is 8.17 Å². The predicted molar refractivity (Wildman–Crippen MR) is 263 cm³/mol. The Hall–Kier alpha value is -8.20. The molecule has 2 aliphatic rings. The van der Waals surface area contributed by atoms with E-state index in [1.807, 2.05) is 0 Å². The van der Waals surface area contributed by atoms with Gasteiger partial charge in [0.05, 0.1) is 27.8 Å². The number of benzene rings is 10. The van der Waals surface area contributed by atoms with Gasteiger partial charge < -0.3 is 9.47 Å². The Morgan fingerprint density at radius 3 is 1.60 bits per heavy atom. The van der Waals surface area contributed by atoms with Crippen molar-refractivity contribution in [3.63, 3.8) is 0 Å². The molecule has 0 bridgehead atoms. The van der Waals surface area contributed by atoms with Crippen molar-refractivity contribution in [1.29, 1.82) is 0 Å². The van der Waals surface area contributed by atoms with E-state index in [4.69, 9.17) is 0 Å². The van der Waals surface area contributed by atoms with Crippen molar-refractivity contribution >= 4 is 38.9 Å². The maximum atomic E-state index is 2.54. The fourth-order valence-electron chi connectivity index (χ4n) is 11.1. The van der Waals surface area contributed by atoms with Crippen LogP contribution in [0.1, 0.15) is 22.3 Å². The van der Waals surface area contributed by atoms with Crippen molar-refractivity contribution in [2.45, 2.75) is 5.41 Å². The van der Waals surface area contributed by atoms with E-state index in [2.05, 4.69) is 252 Å². The quantitative estimate of drug-likeness (QED) is 0.163. The Kier molecular flexibility index (Phi) is 7.85. The highest BCUT2D eigenvalue weighted by molar-refractivity contribution is 6.14. The molecule has 13 rings (SSSR count). The predicted octanol–water partition coefficient (Wildman–Crippen LogP) is 15.9. The van der Waals surface area contributed by atoms with Crippen LogP contribution >= 0.6 is 0 Å². The molecule has 0 saturated heterocycles. The lowest BCUT2D eigenvalue weighted by Crippen LogP contribution is -2.33. The molecule has 1 aliphatic heterocycles. The molecule has 294 valence electrons. The van der Waals surface area contributed by atoms with Gasteiger partial charge >= 0.3 is 0 Å². The molecular formula is C61H40N2. The van der Waals surface area contributed by atoms with Crippen molar-refractivity contribution in [3.05, 3.63) is 265 Å². The zero-order chi connectivity index (χ0) is 41.5. The minimum absolute atomic E-state index is 0.453. The minimum Gasteiger partial charge on any atom is -0.310 e. The van der Waals surface area contributed by atoms with Crippen molar-refractivity contribution < 1.29 is 0 Å². The van der Waals surface area contributed by atoms with Gasteiger partial charge in [0.15, 0.2) is 0 Å². The molecule has 2 heteroatoms. The number of aromatic nitrogens is 1. The molecule has 0 atom stereocenters. The van der Waals surface area contributed by atoms with Gasteiger partial charge in [-0.15, -0.1) is 0 Å². The highest BCUT2D eigenvalue weighted by Gasteiger charge is 2.50. The zero-order valence-electron chi connectivity index (χ0n) is 34.5. The van der Waals surface area contributed by atoms with Gasteiger partial charge in [0.1, 0.15) is 0 Å². The van der Waals surface area contributed by atoms with Gasteiger partial charge in [-0.05, 0) is 104 Å². The fourth-order valence-corrected chi connectivity index (χ4v) is 11.1. The monoisotopic (exact) mass is 800 g/mol. The van der Waals surface area contributed by atoms with Crippen LogP contribution < -0.4 is 4.90 Å². The summed E-state index contributed by atoms with van der Waals surface area (Å²) in [6.07, 6.45) is 0. The lowest BCUT2D eigenvalue weighted by Gasteiger charge is -2.39. The molecule has 11 aromatic rings. The summed E-state index contributed by atoms with van der Waals surface area (Å²) in [5, 5.41) is 2.47. The van der Waals surface area contributed by atoms with E-state index in [-0.39, 0.29) is 0 Å². The van der Waals surface area contributed by atoms with E-state index in [0.717, 1.165) is 17.1 Å². The summed E-state index contributed by atoms with van der Waals surface area (Å²) in [6, 6.07) is 89.5. The molecule has 10 aromatic carbocycles. The normalized spacial score (nSPS) is 12.9. The molecule has 2 nitrogen and oxygen atoms in total. The van der Waals surface area contributed by atoms with E-state index in [0.29, 0.717) is 0 Å². The second-order valence-electron chi connectivity index (χ2n) is 16.8. The standard InChI is InChI=1S/C61H40N2/c1-3-19-41(20-4-1)43-23-17-24-44(39-43)62(57-35-15-11-29-50(57)47-26-8-7-25-46(47)42-21-5-2-6-22-42)45-37-38-58-52(40-45)51-30-18-34-56-60(51)63(58)59-36-16-14-33-55(59)61(56)53-31-12-9-27-48(53)49-28-10-13-32-54(49)61/h1-40H. The number of fused-ring (bicyclic) bond motifs is 12. The van der Waals surface area contributed by atoms with Crippen LogP contribution in [-0.4, -0.2) is 4.57 Å². The van der Waals surface area contributed by atoms with Crippen molar-refractivity contribution in [3.8, 4) is 50.2 Å². The average Bonchev–Trinajstić information content (AvgIpc) is 3.85. The van der Waals surface area contributed by atoms with Crippen LogP contribution in [0.4, 0.5) is 17.1 Å². The summed E-state index contributed by atoms with van der Waals surface area (Å²) in [6.45, 7) is 0. The Morgan fingerprint density at radius 2 is 0.857 bits per heavy atom. The third kappa shape index (κ3) is 5.13. The van der Waals surface area contributed by atoms with E-state index in [1.165, 1.54) is 94.3 Å². The Bertz CT molecular complexity index is 3530. The molecule has 0 amide bonds. The molecule has 0 fully saturated rings. The maximum absolute atomic E-state index is 2.54. The maximum Gasteiger partial charge on any atom is 0.0754 e. The minimum atomic E-state index is -0.453. The highest BCUT2D eigenvalue weighted by Crippen LogP contribution is 2.61. The van der Waals surface area contributed by atoms with E-state index in [9.17, 15) is 0 Å². The number of rotatable bonds is 6. The average molecular weight is 801 g/mol. The van der Waals surface area contributed by atoms with Crippen molar-refractivity contribution in [2.24, 2.45) is 0 Å². The summed E-state index contributed by atoms with van der Waals surface area (Å²) in [5.41, 5.74) is 21.6. The van der Waals surface area contributed by atoms with E-state index >= 15 is 0 Å². The molecule has 1 aromatic heterocycles. The van der Waals surface area contributed by atoms with Gasteiger partial charge in [-0.3, -0.25) is 0 Å². The molecule has 1 spiro atoms. The largest absolute Gasteiger partial charge is 0.310 e. The molecule has 0 radical (unpaired) electrons. The number of anilines is 3. The van der Waals surface area contributed by atoms with Crippen LogP contribution in [0.5, 0.6) is 0 Å². The molecule has 0 saturated carbocycles. The summed E-state index contributed by atoms with van der Waals surface area (Å²) in [7, 11) is 0. The molecule has 0 N–H and O–H groups in total. The molecule has 1 aliphatic carbocycles. The molecule has 63 heavy (non-hydrogen) atoms. The third-order valence-corrected chi connectivity index (χ3v) is 13.6. The van der Waals surface area contributed by atoms with Gasteiger partial charge in [-0.1, -0.05) is 200 Å². The first kappa shape index (κ1) is 35.5. The smallest absolute Gasteiger partial charge is 0.0754 e. The van der Waals surface area contributed by atoms with Crippen LogP contribution in [0.3, 0.4) is 0 Å². The second-order valence-corrected chi connectivity index (χ2v) is 16.8. The van der Waals surface area contributed by atoms with Crippen molar-refractivity contribution in [1.82, 2.24) is 4.57 Å². The van der Waals surface area contributed by atoms with Gasteiger partial charge in [0, 0.05) is 27.7 Å². The number of nitrogens with zero attached hydrogens (tertiary/aromatic N) is 2. The Labute approximate surface area is 367 Å². The Balaban J connectivity index is 1.08. The van der Waals surface area contributed by atoms with Gasteiger partial charge in [-0.2, -0.15) is 0 Å². The zero-order valence-corrected chi connectivity index (χ0v) is 34.5. The Morgan fingerprint density at radius 1 is 0.317 bits per heavy atom. The number of hydrogen-bond donors (Lipinski definition) is 0. The van der Waals surface area contributed by atoms with Crippen molar-refractivity contribution in [2.75, 3.05) is 4.90 Å². The van der Waals surface area contributed by atoms with Crippen LogP contribution in [-0.2, 0) is 5.41 Å². The number of hydrogen-bond acceptors (Lipinski definition) is 1. The lowest BCUT2D eigenvalue weighted by molar-refractivity contribution is 0.748. The van der Waals surface area contributed by atoms with Crippen LogP contribution in [0.25, 0.3) is 72.0 Å². The first-order valence-corrected chi connectivity index (χ1v) is 21.9. The fraction of sp³-hybridized carbons (Fsp3) is 0.0164. The van der Waals surface area contributed by atoms with E-state index in [1.54, 1.807) is 0 Å². The van der Waals surface area contributed by atoms with Crippen LogP contribution in [0.2, 0.25) is 0 Å². The van der Waals surface area contributed by atoms with Crippen LogP contribution in [0.15, 0.2) is 243 Å². The summed E-state index contributed by atoms with van der Waals surface area (Å²) in [4.78, 5) is 2.47. The number of para-hydroxylation sites is 3. The molecule has 2 heterocycles. The van der Waals surface area contributed by atoms with Gasteiger partial charge in [0.2, 0.25) is 0 Å². The first-order valence-electron chi connectivity index (χ1n) is 21.9. The highest BCUT2D eigenvalue weighted by atomic mass is 15.1. The van der Waals surface area contributed by atoms with Crippen LogP contribution in [0, 0.1) is 0 Å².